The summed E-state index contributed by atoms with van der Waals surface area (Å²) in [5, 5.41) is 0. The van der Waals surface area contributed by atoms with E-state index in [0.29, 0.717) is 37.6 Å². The highest BCUT2D eigenvalue weighted by molar-refractivity contribution is 5.78. The minimum absolute atomic E-state index is 0.0995. The van der Waals surface area contributed by atoms with Crippen LogP contribution in [0, 0.1) is 5.92 Å². The van der Waals surface area contributed by atoms with E-state index < -0.39 is 0 Å². The molecule has 0 bridgehead atoms. The summed E-state index contributed by atoms with van der Waals surface area (Å²) in [7, 11) is 4.83. The summed E-state index contributed by atoms with van der Waals surface area (Å²) < 4.78 is 15.6. The van der Waals surface area contributed by atoms with Gasteiger partial charge in [-0.2, -0.15) is 0 Å². The Balaban J connectivity index is 2.08. The SMILES string of the molecule is COCCN1CC(C(N)c2ccc(OC)c(OC)c2)CC1=O. The van der Waals surface area contributed by atoms with Gasteiger partial charge in [-0.25, -0.2) is 0 Å². The van der Waals surface area contributed by atoms with E-state index in [1.165, 1.54) is 0 Å². The maximum atomic E-state index is 12.0. The van der Waals surface area contributed by atoms with Crippen LogP contribution < -0.4 is 15.2 Å². The number of nitrogens with zero attached hydrogens (tertiary/aromatic N) is 1. The lowest BCUT2D eigenvalue weighted by Gasteiger charge is -2.21. The molecule has 22 heavy (non-hydrogen) atoms. The van der Waals surface area contributed by atoms with Gasteiger partial charge in [-0.3, -0.25) is 4.79 Å². The number of rotatable bonds is 7. The number of nitrogens with two attached hydrogens (primary N) is 1. The first-order valence-corrected chi connectivity index (χ1v) is 7.35. The number of hydrogen-bond donors (Lipinski definition) is 1. The highest BCUT2D eigenvalue weighted by Crippen LogP contribution is 2.34. The monoisotopic (exact) mass is 308 g/mol. The van der Waals surface area contributed by atoms with Crippen molar-refractivity contribution in [3.05, 3.63) is 23.8 Å². The molecule has 0 radical (unpaired) electrons. The summed E-state index contributed by atoms with van der Waals surface area (Å²) in [6, 6.07) is 5.43. The van der Waals surface area contributed by atoms with Crippen molar-refractivity contribution in [1.29, 1.82) is 0 Å². The Bertz CT molecular complexity index is 521. The normalized spacial score (nSPS) is 19.4. The molecule has 2 N–H and O–H groups in total. The summed E-state index contributed by atoms with van der Waals surface area (Å²) in [6.07, 6.45) is 0.471. The van der Waals surface area contributed by atoms with Gasteiger partial charge in [0.1, 0.15) is 0 Å². The minimum Gasteiger partial charge on any atom is -0.493 e. The zero-order valence-electron chi connectivity index (χ0n) is 13.4. The molecule has 0 spiro atoms. The molecule has 1 amide bonds. The second-order valence-electron chi connectivity index (χ2n) is 5.44. The predicted molar refractivity (Wildman–Crippen MR) is 83.0 cm³/mol. The van der Waals surface area contributed by atoms with Crippen LogP contribution in [0.3, 0.4) is 0 Å². The fourth-order valence-corrected chi connectivity index (χ4v) is 2.79. The molecular formula is C16H24N2O4. The van der Waals surface area contributed by atoms with E-state index in [2.05, 4.69) is 0 Å². The highest BCUT2D eigenvalue weighted by atomic mass is 16.5. The zero-order chi connectivity index (χ0) is 16.1. The van der Waals surface area contributed by atoms with Gasteiger partial charge in [0.25, 0.3) is 0 Å². The smallest absolute Gasteiger partial charge is 0.223 e. The third-order valence-corrected chi connectivity index (χ3v) is 4.11. The molecule has 1 saturated heterocycles. The van der Waals surface area contributed by atoms with E-state index in [1.54, 1.807) is 21.3 Å². The molecule has 122 valence electrons. The van der Waals surface area contributed by atoms with Gasteiger partial charge in [0.15, 0.2) is 11.5 Å². The van der Waals surface area contributed by atoms with Gasteiger partial charge in [0, 0.05) is 38.6 Å². The van der Waals surface area contributed by atoms with Crippen molar-refractivity contribution in [2.45, 2.75) is 12.5 Å². The van der Waals surface area contributed by atoms with E-state index in [0.717, 1.165) is 5.56 Å². The standard InChI is InChI=1S/C16H24N2O4/c1-20-7-6-18-10-12(9-15(18)19)16(17)11-4-5-13(21-2)14(8-11)22-3/h4-5,8,12,16H,6-7,9-10,17H2,1-3H3. The van der Waals surface area contributed by atoms with E-state index in [9.17, 15) is 4.79 Å². The van der Waals surface area contributed by atoms with Gasteiger partial charge >= 0.3 is 0 Å². The first kappa shape index (κ1) is 16.6. The average molecular weight is 308 g/mol. The van der Waals surface area contributed by atoms with Gasteiger partial charge in [0.05, 0.1) is 20.8 Å². The summed E-state index contributed by atoms with van der Waals surface area (Å²) in [5.74, 6) is 1.55. The first-order chi connectivity index (χ1) is 10.6. The summed E-state index contributed by atoms with van der Waals surface area (Å²) in [4.78, 5) is 13.8. The van der Waals surface area contributed by atoms with Crippen LogP contribution in [-0.2, 0) is 9.53 Å². The third-order valence-electron chi connectivity index (χ3n) is 4.11. The maximum Gasteiger partial charge on any atom is 0.223 e. The summed E-state index contributed by atoms with van der Waals surface area (Å²) in [5.41, 5.74) is 7.31. The number of likely N-dealkylation sites (tertiary alicyclic amines) is 1. The lowest BCUT2D eigenvalue weighted by molar-refractivity contribution is -0.128. The Morgan fingerprint density at radius 1 is 1.27 bits per heavy atom. The molecule has 0 aliphatic carbocycles. The molecule has 1 aliphatic heterocycles. The molecule has 0 saturated carbocycles. The van der Waals surface area contributed by atoms with E-state index in [1.807, 2.05) is 23.1 Å². The maximum absolute atomic E-state index is 12.0. The molecule has 6 heteroatoms. The molecule has 1 aliphatic rings. The topological polar surface area (TPSA) is 74.0 Å². The second kappa shape index (κ2) is 7.47. The van der Waals surface area contributed by atoms with Crippen molar-refractivity contribution in [3.8, 4) is 11.5 Å². The van der Waals surface area contributed by atoms with E-state index >= 15 is 0 Å². The number of ether oxygens (including phenoxy) is 3. The number of hydrogen-bond acceptors (Lipinski definition) is 5. The van der Waals surface area contributed by atoms with E-state index in [4.69, 9.17) is 19.9 Å². The van der Waals surface area contributed by atoms with Crippen molar-refractivity contribution in [2.24, 2.45) is 11.7 Å². The Kier molecular flexibility index (Phi) is 5.63. The fraction of sp³-hybridized carbons (Fsp3) is 0.562. The van der Waals surface area contributed by atoms with Gasteiger partial charge in [0.2, 0.25) is 5.91 Å². The molecule has 1 aromatic carbocycles. The molecule has 2 atom stereocenters. The quantitative estimate of drug-likeness (QED) is 0.819. The van der Waals surface area contributed by atoms with Crippen molar-refractivity contribution < 1.29 is 19.0 Å². The Morgan fingerprint density at radius 2 is 2.00 bits per heavy atom. The first-order valence-electron chi connectivity index (χ1n) is 7.35. The Hall–Kier alpha value is -1.79. The van der Waals surface area contributed by atoms with Crippen LogP contribution >= 0.6 is 0 Å². The fourth-order valence-electron chi connectivity index (χ4n) is 2.79. The molecule has 1 aromatic rings. The molecule has 2 rings (SSSR count). The van der Waals surface area contributed by atoms with Gasteiger partial charge in [-0.05, 0) is 17.7 Å². The molecule has 6 nitrogen and oxygen atoms in total. The van der Waals surface area contributed by atoms with Gasteiger partial charge in [-0.15, -0.1) is 0 Å². The Morgan fingerprint density at radius 3 is 2.64 bits per heavy atom. The van der Waals surface area contributed by atoms with Crippen LogP contribution in [0.2, 0.25) is 0 Å². The zero-order valence-corrected chi connectivity index (χ0v) is 13.4. The van der Waals surface area contributed by atoms with Gasteiger partial charge in [-0.1, -0.05) is 6.07 Å². The molecule has 2 unspecified atom stereocenters. The van der Waals surface area contributed by atoms with Crippen LogP contribution in [0.4, 0.5) is 0 Å². The summed E-state index contributed by atoms with van der Waals surface area (Å²) in [6.45, 7) is 1.83. The lowest BCUT2D eigenvalue weighted by Crippen LogP contribution is -2.30. The van der Waals surface area contributed by atoms with Crippen molar-refractivity contribution in [2.75, 3.05) is 41.0 Å². The van der Waals surface area contributed by atoms with E-state index in [-0.39, 0.29) is 17.9 Å². The second-order valence-corrected chi connectivity index (χ2v) is 5.44. The lowest BCUT2D eigenvalue weighted by atomic mass is 9.93. The van der Waals surface area contributed by atoms with Crippen LogP contribution in [0.5, 0.6) is 11.5 Å². The Labute approximate surface area is 131 Å². The minimum atomic E-state index is -0.212. The summed E-state index contributed by atoms with van der Waals surface area (Å²) >= 11 is 0. The number of amides is 1. The van der Waals surface area contributed by atoms with Crippen LogP contribution in [-0.4, -0.2) is 51.8 Å². The number of carbonyl (C=O) groups is 1. The van der Waals surface area contributed by atoms with Crippen molar-refractivity contribution in [3.63, 3.8) is 0 Å². The van der Waals surface area contributed by atoms with Crippen LogP contribution in [0.25, 0.3) is 0 Å². The van der Waals surface area contributed by atoms with Crippen LogP contribution in [0.15, 0.2) is 18.2 Å². The number of carbonyl (C=O) groups excluding carboxylic acids is 1. The molecular weight excluding hydrogens is 284 g/mol. The number of benzene rings is 1. The predicted octanol–water partition coefficient (Wildman–Crippen LogP) is 1.20. The van der Waals surface area contributed by atoms with Gasteiger partial charge < -0.3 is 24.8 Å². The van der Waals surface area contributed by atoms with Crippen molar-refractivity contribution in [1.82, 2.24) is 4.90 Å². The highest BCUT2D eigenvalue weighted by Gasteiger charge is 2.33. The van der Waals surface area contributed by atoms with Crippen LogP contribution in [0.1, 0.15) is 18.0 Å². The number of methoxy groups -OCH3 is 3. The molecule has 1 fully saturated rings. The average Bonchev–Trinajstić information content (AvgIpc) is 2.92. The molecule has 0 aromatic heterocycles. The largest absolute Gasteiger partial charge is 0.493 e. The van der Waals surface area contributed by atoms with Crippen molar-refractivity contribution >= 4 is 5.91 Å². The third kappa shape index (κ3) is 3.51. The molecule has 1 heterocycles.